The second-order valence-corrected chi connectivity index (χ2v) is 10.2. The predicted octanol–water partition coefficient (Wildman–Crippen LogP) is 2.89. The van der Waals surface area contributed by atoms with Gasteiger partial charge in [-0.05, 0) is 36.4 Å². The molecule has 0 saturated carbocycles. The number of nitro groups is 1. The van der Waals surface area contributed by atoms with Gasteiger partial charge in [-0.2, -0.15) is 4.31 Å². The number of sulfonamides is 1. The molecule has 166 valence electrons. The minimum atomic E-state index is -3.56. The van der Waals surface area contributed by atoms with Crippen LogP contribution in [0.3, 0.4) is 0 Å². The van der Waals surface area contributed by atoms with Crippen LogP contribution in [0.2, 0.25) is 5.02 Å². The van der Waals surface area contributed by atoms with Gasteiger partial charge in [0.1, 0.15) is 9.23 Å². The first-order valence-corrected chi connectivity index (χ1v) is 11.8. The van der Waals surface area contributed by atoms with E-state index in [9.17, 15) is 28.1 Å². The van der Waals surface area contributed by atoms with E-state index in [1.54, 1.807) is 11.4 Å². The van der Waals surface area contributed by atoms with Gasteiger partial charge < -0.3 is 10.1 Å². The molecular formula is C18H18ClN3O7S2. The number of piperidine rings is 1. The van der Waals surface area contributed by atoms with Crippen molar-refractivity contribution >= 4 is 56.2 Å². The molecule has 1 amide bonds. The van der Waals surface area contributed by atoms with Crippen molar-refractivity contribution in [3.8, 4) is 0 Å². The highest BCUT2D eigenvalue weighted by atomic mass is 35.5. The van der Waals surface area contributed by atoms with Crippen molar-refractivity contribution in [2.24, 2.45) is 5.92 Å². The number of benzene rings is 1. The number of rotatable bonds is 7. The fourth-order valence-electron chi connectivity index (χ4n) is 3.05. The van der Waals surface area contributed by atoms with Crippen LogP contribution in [0.5, 0.6) is 0 Å². The van der Waals surface area contributed by atoms with Crippen LogP contribution >= 0.6 is 22.9 Å². The maximum Gasteiger partial charge on any atom is 0.309 e. The minimum absolute atomic E-state index is 0.0677. The number of nitrogens with one attached hydrogen (secondary N) is 1. The van der Waals surface area contributed by atoms with Crippen molar-refractivity contribution in [2.45, 2.75) is 17.1 Å². The Balaban J connectivity index is 1.48. The van der Waals surface area contributed by atoms with Gasteiger partial charge in [-0.3, -0.25) is 19.7 Å². The third-order valence-electron chi connectivity index (χ3n) is 4.65. The quantitative estimate of drug-likeness (QED) is 0.360. The molecule has 0 aliphatic carbocycles. The summed E-state index contributed by atoms with van der Waals surface area (Å²) in [5.74, 6) is -1.77. The number of thiophene rings is 1. The van der Waals surface area contributed by atoms with Crippen molar-refractivity contribution in [3.63, 3.8) is 0 Å². The van der Waals surface area contributed by atoms with Gasteiger partial charge in [-0.15, -0.1) is 11.3 Å². The second-order valence-electron chi connectivity index (χ2n) is 6.69. The van der Waals surface area contributed by atoms with Gasteiger partial charge in [0.05, 0.1) is 10.8 Å². The lowest BCUT2D eigenvalue weighted by Crippen LogP contribution is -2.40. The number of ether oxygens (including phenoxy) is 1. The molecule has 1 aromatic carbocycles. The Kier molecular flexibility index (Phi) is 7.26. The molecule has 2 aromatic rings. The molecule has 0 atom stereocenters. The topological polar surface area (TPSA) is 136 Å². The number of anilines is 1. The zero-order chi connectivity index (χ0) is 22.6. The van der Waals surface area contributed by atoms with Crippen molar-refractivity contribution in [2.75, 3.05) is 25.0 Å². The van der Waals surface area contributed by atoms with Crippen LogP contribution in [0.4, 0.5) is 11.4 Å². The Bertz CT molecular complexity index is 1080. The number of carbonyl (C=O) groups excluding carboxylic acids is 2. The Morgan fingerprint density at radius 3 is 2.61 bits per heavy atom. The normalized spacial score (nSPS) is 15.4. The van der Waals surface area contributed by atoms with Crippen LogP contribution in [0.15, 0.2) is 39.9 Å². The highest BCUT2D eigenvalue weighted by Crippen LogP contribution is 2.28. The van der Waals surface area contributed by atoms with E-state index < -0.39 is 39.3 Å². The van der Waals surface area contributed by atoms with E-state index in [0.29, 0.717) is 0 Å². The van der Waals surface area contributed by atoms with Crippen LogP contribution in [-0.2, 0) is 24.3 Å². The Labute approximate surface area is 187 Å². The van der Waals surface area contributed by atoms with E-state index in [2.05, 4.69) is 5.32 Å². The molecule has 1 aromatic heterocycles. The monoisotopic (exact) mass is 487 g/mol. The van der Waals surface area contributed by atoms with Gasteiger partial charge in [0, 0.05) is 24.8 Å². The van der Waals surface area contributed by atoms with Crippen LogP contribution in [0, 0.1) is 16.0 Å². The molecule has 31 heavy (non-hydrogen) atoms. The van der Waals surface area contributed by atoms with Crippen LogP contribution in [-0.4, -0.2) is 49.2 Å². The number of carbonyl (C=O) groups is 2. The summed E-state index contributed by atoms with van der Waals surface area (Å²) in [4.78, 5) is 34.5. The summed E-state index contributed by atoms with van der Waals surface area (Å²) in [6.45, 7) is -0.204. The van der Waals surface area contributed by atoms with E-state index >= 15 is 0 Å². The fourth-order valence-corrected chi connectivity index (χ4v) is 5.85. The van der Waals surface area contributed by atoms with E-state index in [1.807, 2.05) is 0 Å². The average Bonchev–Trinajstić information content (AvgIpc) is 3.29. The van der Waals surface area contributed by atoms with Crippen LogP contribution in [0.1, 0.15) is 12.8 Å². The zero-order valence-electron chi connectivity index (χ0n) is 16.0. The molecule has 1 aliphatic rings. The fraction of sp³-hybridized carbons (Fsp3) is 0.333. The third-order valence-corrected chi connectivity index (χ3v) is 8.24. The lowest BCUT2D eigenvalue weighted by molar-refractivity contribution is -0.384. The standard InChI is InChI=1S/C18H18ClN3O7S2/c19-14-4-3-13(10-15(14)22(25)26)20-16(23)11-29-18(24)12-5-7-21(8-6-12)31(27,28)17-2-1-9-30-17/h1-4,9-10,12H,5-8,11H2,(H,20,23). The van der Waals surface area contributed by atoms with E-state index in [0.717, 1.165) is 17.4 Å². The summed E-state index contributed by atoms with van der Waals surface area (Å²) < 4.78 is 31.7. The molecule has 3 rings (SSSR count). The predicted molar refractivity (Wildman–Crippen MR) is 113 cm³/mol. The molecule has 0 bridgehead atoms. The Morgan fingerprint density at radius 2 is 2.00 bits per heavy atom. The summed E-state index contributed by atoms with van der Waals surface area (Å²) in [7, 11) is -3.56. The summed E-state index contributed by atoms with van der Waals surface area (Å²) in [5, 5.41) is 14.9. The third kappa shape index (κ3) is 5.58. The van der Waals surface area contributed by atoms with Gasteiger partial charge in [0.2, 0.25) is 0 Å². The van der Waals surface area contributed by atoms with E-state index in [-0.39, 0.29) is 46.5 Å². The highest BCUT2D eigenvalue weighted by molar-refractivity contribution is 7.91. The molecule has 0 spiro atoms. The molecule has 1 N–H and O–H groups in total. The zero-order valence-corrected chi connectivity index (χ0v) is 18.4. The molecule has 13 heteroatoms. The number of halogens is 1. The number of hydrogen-bond acceptors (Lipinski definition) is 8. The summed E-state index contributed by atoms with van der Waals surface area (Å²) in [6, 6.07) is 6.97. The number of hydrogen-bond donors (Lipinski definition) is 1. The molecule has 1 saturated heterocycles. The maximum atomic E-state index is 12.5. The lowest BCUT2D eigenvalue weighted by Gasteiger charge is -2.29. The minimum Gasteiger partial charge on any atom is -0.455 e. The van der Waals surface area contributed by atoms with Gasteiger partial charge >= 0.3 is 5.97 Å². The first-order valence-electron chi connectivity index (χ1n) is 9.12. The summed E-state index contributed by atoms with van der Waals surface area (Å²) in [6.07, 6.45) is 0.572. The second kappa shape index (κ2) is 9.73. The van der Waals surface area contributed by atoms with Crippen molar-refractivity contribution in [3.05, 3.63) is 50.8 Å². The van der Waals surface area contributed by atoms with Gasteiger partial charge in [0.25, 0.3) is 21.6 Å². The molecule has 1 aliphatic heterocycles. The SMILES string of the molecule is O=C(COC(=O)C1CCN(S(=O)(=O)c2cccs2)CC1)Nc1ccc(Cl)c([N+](=O)[O-])c1. The first-order chi connectivity index (χ1) is 14.7. The number of nitro benzene ring substituents is 1. The largest absolute Gasteiger partial charge is 0.455 e. The van der Waals surface area contributed by atoms with Gasteiger partial charge in [0.15, 0.2) is 6.61 Å². The van der Waals surface area contributed by atoms with E-state index in [4.69, 9.17) is 16.3 Å². The molecule has 2 heterocycles. The first kappa shape index (κ1) is 23.1. The number of esters is 1. The number of amides is 1. The van der Waals surface area contributed by atoms with Crippen molar-refractivity contribution in [1.82, 2.24) is 4.31 Å². The van der Waals surface area contributed by atoms with Crippen LogP contribution in [0.25, 0.3) is 0 Å². The smallest absolute Gasteiger partial charge is 0.309 e. The molecule has 0 unspecified atom stereocenters. The summed E-state index contributed by atoms with van der Waals surface area (Å²) in [5.41, 5.74) is -0.218. The van der Waals surface area contributed by atoms with Crippen LogP contribution < -0.4 is 5.32 Å². The molecule has 10 nitrogen and oxygen atoms in total. The van der Waals surface area contributed by atoms with Gasteiger partial charge in [-0.25, -0.2) is 8.42 Å². The maximum absolute atomic E-state index is 12.5. The van der Waals surface area contributed by atoms with Crippen molar-refractivity contribution < 1.29 is 27.7 Å². The molecule has 0 radical (unpaired) electrons. The molecular weight excluding hydrogens is 470 g/mol. The summed E-state index contributed by atoms with van der Waals surface area (Å²) >= 11 is 6.85. The highest BCUT2D eigenvalue weighted by Gasteiger charge is 2.33. The van der Waals surface area contributed by atoms with Gasteiger partial charge in [-0.1, -0.05) is 17.7 Å². The Hall–Kier alpha value is -2.54. The van der Waals surface area contributed by atoms with Crippen molar-refractivity contribution in [1.29, 1.82) is 0 Å². The Morgan fingerprint density at radius 1 is 1.29 bits per heavy atom. The number of nitrogens with zero attached hydrogens (tertiary/aromatic N) is 2. The molecule has 1 fully saturated rings. The average molecular weight is 488 g/mol. The van der Waals surface area contributed by atoms with E-state index in [1.165, 1.54) is 22.5 Å². The lowest BCUT2D eigenvalue weighted by atomic mass is 9.98.